The molecule has 2 N–H and O–H groups in total. The Bertz CT molecular complexity index is 1070. The molecule has 2 unspecified atom stereocenters. The minimum absolute atomic E-state index is 0.108. The van der Waals surface area contributed by atoms with Gasteiger partial charge in [0, 0.05) is 17.9 Å². The number of aliphatic hydroxyl groups excluding tert-OH is 1. The van der Waals surface area contributed by atoms with E-state index in [1.165, 1.54) is 12.1 Å². The Morgan fingerprint density at radius 3 is 2.63 bits per heavy atom. The maximum atomic E-state index is 13.9. The number of methoxy groups -OCH3 is 1. The van der Waals surface area contributed by atoms with E-state index in [1.807, 2.05) is 29.2 Å². The zero-order valence-electron chi connectivity index (χ0n) is 19.9. The second-order valence-electron chi connectivity index (χ2n) is 9.55. The van der Waals surface area contributed by atoms with Gasteiger partial charge in [-0.1, -0.05) is 42.5 Å². The Balaban J connectivity index is 1.66. The number of likely N-dealkylation sites (tertiary alicyclic amines) is 1. The molecular formula is C27H31F3N2O3. The van der Waals surface area contributed by atoms with Crippen LogP contribution in [-0.2, 0) is 10.2 Å². The van der Waals surface area contributed by atoms with Crippen LogP contribution in [0.3, 0.4) is 0 Å². The van der Waals surface area contributed by atoms with Crippen LogP contribution in [0.1, 0.15) is 36.8 Å². The lowest BCUT2D eigenvalue weighted by Crippen LogP contribution is -2.63. The molecule has 1 aliphatic carbocycles. The number of benzene rings is 2. The number of amides is 1. The van der Waals surface area contributed by atoms with Crippen LogP contribution in [-0.4, -0.2) is 55.1 Å². The van der Waals surface area contributed by atoms with Crippen molar-refractivity contribution < 1.29 is 27.8 Å². The number of carbonyl (C=O) groups is 1. The van der Waals surface area contributed by atoms with Gasteiger partial charge >= 0.3 is 6.18 Å². The van der Waals surface area contributed by atoms with Crippen molar-refractivity contribution in [2.24, 2.45) is 5.92 Å². The number of fused-ring (bicyclic) bond motifs is 1. The van der Waals surface area contributed by atoms with Crippen LogP contribution in [0.2, 0.25) is 0 Å². The minimum Gasteiger partial charge on any atom is -0.497 e. The molecule has 188 valence electrons. The molecule has 1 aliphatic heterocycles. The summed E-state index contributed by atoms with van der Waals surface area (Å²) in [5, 5.41) is 13.6. The number of piperidine rings is 1. The molecule has 2 aromatic rings. The molecule has 1 amide bonds. The Morgan fingerprint density at radius 2 is 1.94 bits per heavy atom. The van der Waals surface area contributed by atoms with Crippen molar-refractivity contribution in [3.63, 3.8) is 0 Å². The third-order valence-electron chi connectivity index (χ3n) is 7.47. The van der Waals surface area contributed by atoms with Gasteiger partial charge in [-0.05, 0) is 62.1 Å². The van der Waals surface area contributed by atoms with Gasteiger partial charge in [0.05, 0.1) is 19.4 Å². The topological polar surface area (TPSA) is 61.8 Å². The van der Waals surface area contributed by atoms with Gasteiger partial charge in [0.15, 0.2) is 0 Å². The fourth-order valence-electron chi connectivity index (χ4n) is 5.66. The number of aliphatic hydroxyl groups is 1. The first kappa shape index (κ1) is 25.3. The summed E-state index contributed by atoms with van der Waals surface area (Å²) >= 11 is 0. The molecule has 0 aromatic heterocycles. The summed E-state index contributed by atoms with van der Waals surface area (Å²) in [5.41, 5.74) is -0.449. The smallest absolute Gasteiger partial charge is 0.421 e. The summed E-state index contributed by atoms with van der Waals surface area (Å²) < 4.78 is 47.0. The maximum absolute atomic E-state index is 13.9. The minimum atomic E-state index is -4.80. The van der Waals surface area contributed by atoms with E-state index in [0.29, 0.717) is 30.7 Å². The van der Waals surface area contributed by atoms with Crippen LogP contribution < -0.4 is 10.1 Å². The van der Waals surface area contributed by atoms with Crippen molar-refractivity contribution in [3.05, 3.63) is 71.3 Å². The highest BCUT2D eigenvalue weighted by atomic mass is 19.4. The van der Waals surface area contributed by atoms with Gasteiger partial charge in [-0.15, -0.1) is 0 Å². The first-order valence-corrected chi connectivity index (χ1v) is 11.8. The number of nitrogens with zero attached hydrogens (tertiary/aromatic N) is 1. The van der Waals surface area contributed by atoms with Crippen LogP contribution in [0.5, 0.6) is 5.75 Å². The largest absolute Gasteiger partial charge is 0.497 e. The number of hydrogen-bond donors (Lipinski definition) is 2. The number of alkyl halides is 3. The number of ether oxygens (including phenoxy) is 1. The van der Waals surface area contributed by atoms with E-state index < -0.39 is 35.3 Å². The number of nitrogens with one attached hydrogen (secondary N) is 1. The molecule has 5 nitrogen and oxygen atoms in total. The van der Waals surface area contributed by atoms with Gasteiger partial charge in [0.1, 0.15) is 11.3 Å². The van der Waals surface area contributed by atoms with Crippen molar-refractivity contribution >= 4 is 12.0 Å². The van der Waals surface area contributed by atoms with Crippen LogP contribution in [0, 0.1) is 5.92 Å². The molecule has 4 rings (SSSR count). The van der Waals surface area contributed by atoms with Crippen molar-refractivity contribution in [3.8, 4) is 5.75 Å². The molecular weight excluding hydrogens is 457 g/mol. The van der Waals surface area contributed by atoms with Gasteiger partial charge in [0.25, 0.3) is 5.91 Å². The fourth-order valence-corrected chi connectivity index (χ4v) is 5.66. The average Bonchev–Trinajstić information content (AvgIpc) is 2.83. The van der Waals surface area contributed by atoms with E-state index in [2.05, 4.69) is 5.32 Å². The number of carbonyl (C=O) groups excluding carboxylic acids is 1. The van der Waals surface area contributed by atoms with Crippen LogP contribution in [0.4, 0.5) is 13.2 Å². The second-order valence-corrected chi connectivity index (χ2v) is 9.55. The van der Waals surface area contributed by atoms with Crippen LogP contribution in [0.15, 0.2) is 60.2 Å². The zero-order valence-corrected chi connectivity index (χ0v) is 19.9. The van der Waals surface area contributed by atoms with Crippen molar-refractivity contribution in [1.82, 2.24) is 10.2 Å². The van der Waals surface area contributed by atoms with Gasteiger partial charge in [-0.3, -0.25) is 9.69 Å². The first-order valence-electron chi connectivity index (χ1n) is 11.8. The summed E-state index contributed by atoms with van der Waals surface area (Å²) in [6.07, 6.45) is -2.45. The number of halogens is 3. The summed E-state index contributed by atoms with van der Waals surface area (Å²) in [4.78, 5) is 14.8. The quantitative estimate of drug-likeness (QED) is 0.608. The Morgan fingerprint density at radius 1 is 1.20 bits per heavy atom. The highest BCUT2D eigenvalue weighted by Gasteiger charge is 2.52. The lowest BCUT2D eigenvalue weighted by Gasteiger charge is -2.55. The predicted octanol–water partition coefficient (Wildman–Crippen LogP) is 4.52. The summed E-state index contributed by atoms with van der Waals surface area (Å²) in [6.45, 7) is 0.451. The summed E-state index contributed by atoms with van der Waals surface area (Å²) in [7, 11) is 3.36. The number of hydrogen-bond acceptors (Lipinski definition) is 4. The lowest BCUT2D eigenvalue weighted by atomic mass is 9.57. The monoisotopic (exact) mass is 488 g/mol. The fraction of sp³-hybridized carbons (Fsp3) is 0.444. The Labute approximate surface area is 203 Å². The third-order valence-corrected chi connectivity index (χ3v) is 7.47. The van der Waals surface area contributed by atoms with Crippen molar-refractivity contribution in [2.45, 2.75) is 49.5 Å². The van der Waals surface area contributed by atoms with Crippen LogP contribution >= 0.6 is 0 Å². The Hall–Kier alpha value is -2.84. The van der Waals surface area contributed by atoms with E-state index in [0.717, 1.165) is 24.5 Å². The molecule has 8 heteroatoms. The Kier molecular flexibility index (Phi) is 7.24. The van der Waals surface area contributed by atoms with E-state index in [9.17, 15) is 23.1 Å². The van der Waals surface area contributed by atoms with Gasteiger partial charge in [-0.2, -0.15) is 13.2 Å². The molecule has 1 saturated carbocycles. The molecule has 2 aliphatic rings. The lowest BCUT2D eigenvalue weighted by molar-refractivity contribution is -0.133. The van der Waals surface area contributed by atoms with E-state index >= 15 is 0 Å². The van der Waals surface area contributed by atoms with E-state index in [4.69, 9.17) is 4.74 Å². The maximum Gasteiger partial charge on any atom is 0.421 e. The van der Waals surface area contributed by atoms with Gasteiger partial charge in [-0.25, -0.2) is 0 Å². The molecule has 0 spiro atoms. The number of rotatable bonds is 5. The van der Waals surface area contributed by atoms with Gasteiger partial charge in [0.2, 0.25) is 0 Å². The van der Waals surface area contributed by atoms with Crippen molar-refractivity contribution in [1.29, 1.82) is 0 Å². The standard InChI is InChI=1S/C27H31F3N2O3/c1-32-17-22-23(33)12-7-13-26(22,19-10-6-11-20(15-19)35-2)16-24(32)31-25(34)21(27(28,29)30)14-18-8-4-3-5-9-18/h3-6,8-11,14-15,22-24,33H,7,12-13,16-17H2,1-2H3,(H,31,34)/t22?,23?,24-,26-/m0/s1. The highest BCUT2D eigenvalue weighted by Crippen LogP contribution is 2.50. The van der Waals surface area contributed by atoms with E-state index in [1.54, 1.807) is 32.4 Å². The second kappa shape index (κ2) is 10.0. The molecule has 1 heterocycles. The molecule has 2 aromatic carbocycles. The zero-order chi connectivity index (χ0) is 25.2. The molecule has 35 heavy (non-hydrogen) atoms. The third kappa shape index (κ3) is 5.23. The molecule has 1 saturated heterocycles. The first-order chi connectivity index (χ1) is 16.6. The SMILES string of the molecule is COc1cccc([C@@]23CCCC(O)C2CN(C)[C@H](NC(=O)C(=Cc2ccccc2)C(F)(F)F)C3)c1. The van der Waals surface area contributed by atoms with Crippen LogP contribution in [0.25, 0.3) is 6.08 Å². The molecule has 0 radical (unpaired) electrons. The summed E-state index contributed by atoms with van der Waals surface area (Å²) in [5.74, 6) is -0.586. The highest BCUT2D eigenvalue weighted by molar-refractivity contribution is 5.99. The average molecular weight is 489 g/mol. The van der Waals surface area contributed by atoms with Crippen molar-refractivity contribution in [2.75, 3.05) is 20.7 Å². The summed E-state index contributed by atoms with van der Waals surface area (Å²) in [6, 6.07) is 15.6. The molecule has 0 bridgehead atoms. The van der Waals surface area contributed by atoms with Gasteiger partial charge < -0.3 is 15.2 Å². The predicted molar refractivity (Wildman–Crippen MR) is 128 cm³/mol. The molecule has 4 atom stereocenters. The van der Waals surface area contributed by atoms with E-state index in [-0.39, 0.29) is 5.92 Å². The normalized spacial score (nSPS) is 27.7. The molecule has 2 fully saturated rings.